The largest absolute Gasteiger partial charge is 0.455 e. The van der Waals surface area contributed by atoms with Crippen molar-refractivity contribution in [2.24, 2.45) is 0 Å². The Labute approximate surface area is 191 Å². The summed E-state index contributed by atoms with van der Waals surface area (Å²) >= 11 is 0. The van der Waals surface area contributed by atoms with E-state index < -0.39 is 77.4 Å². The number of hydrogen-bond acceptors (Lipinski definition) is 13. The van der Waals surface area contributed by atoms with Crippen LogP contribution in [0.15, 0.2) is 18.2 Å². The quantitative estimate of drug-likeness (QED) is 0.121. The molecule has 0 aliphatic carbocycles. The van der Waals surface area contributed by atoms with Gasteiger partial charge in [0.15, 0.2) is 30.3 Å². The molecule has 1 saturated heterocycles. The lowest BCUT2D eigenvalue weighted by Crippen LogP contribution is -2.64. The number of ketones is 1. The van der Waals surface area contributed by atoms with Crippen LogP contribution in [0.2, 0.25) is 0 Å². The van der Waals surface area contributed by atoms with Gasteiger partial charge in [0, 0.05) is 26.8 Å². The summed E-state index contributed by atoms with van der Waals surface area (Å²) in [5.74, 6) is -4.45. The number of aliphatic hydroxyl groups excluding tert-OH is 1. The molecule has 1 aromatic rings. The minimum Gasteiger partial charge on any atom is -0.455 e. The molecule has 1 heterocycles. The van der Waals surface area contributed by atoms with Crippen LogP contribution >= 0.6 is 0 Å². The van der Waals surface area contributed by atoms with Gasteiger partial charge < -0.3 is 28.8 Å². The number of nitro benzene ring substituents is 1. The third kappa shape index (κ3) is 6.32. The second-order valence-corrected chi connectivity index (χ2v) is 7.00. The Bertz CT molecular complexity index is 991. The maximum Gasteiger partial charge on any atom is 0.311 e. The van der Waals surface area contributed by atoms with Gasteiger partial charge in [0.2, 0.25) is 18.2 Å². The molecule has 0 amide bonds. The summed E-state index contributed by atoms with van der Waals surface area (Å²) in [6, 6.07) is 3.43. The molecule has 0 bridgehead atoms. The van der Waals surface area contributed by atoms with Crippen LogP contribution in [0.5, 0.6) is 5.75 Å². The minimum absolute atomic E-state index is 0.131. The normalized spacial score (nSPS) is 23.8. The summed E-state index contributed by atoms with van der Waals surface area (Å²) in [5.41, 5.74) is -0.428. The molecule has 14 heteroatoms. The average molecular weight is 483 g/mol. The van der Waals surface area contributed by atoms with Gasteiger partial charge in [-0.3, -0.25) is 34.1 Å². The van der Waals surface area contributed by atoms with Crippen molar-refractivity contribution >= 4 is 35.7 Å². The monoisotopic (exact) mass is 483 g/mol. The van der Waals surface area contributed by atoms with Crippen molar-refractivity contribution in [1.82, 2.24) is 0 Å². The summed E-state index contributed by atoms with van der Waals surface area (Å²) in [6.07, 6.45) is -8.90. The highest BCUT2D eigenvalue weighted by Crippen LogP contribution is 2.34. The Morgan fingerprint density at radius 2 is 1.59 bits per heavy atom. The number of aliphatic hydroxyl groups is 1. The van der Waals surface area contributed by atoms with E-state index in [-0.39, 0.29) is 11.8 Å². The van der Waals surface area contributed by atoms with Crippen molar-refractivity contribution in [3.05, 3.63) is 33.9 Å². The van der Waals surface area contributed by atoms with E-state index in [4.69, 9.17) is 23.7 Å². The lowest BCUT2D eigenvalue weighted by molar-refractivity contribution is -0.387. The van der Waals surface area contributed by atoms with Gasteiger partial charge in [-0.1, -0.05) is 6.07 Å². The van der Waals surface area contributed by atoms with Crippen LogP contribution in [0.1, 0.15) is 26.3 Å². The molecule has 5 atom stereocenters. The van der Waals surface area contributed by atoms with Crippen LogP contribution in [0, 0.1) is 10.1 Å². The van der Waals surface area contributed by atoms with Gasteiger partial charge in [-0.05, 0) is 11.6 Å². The Balaban J connectivity index is 2.59. The zero-order valence-electron chi connectivity index (χ0n) is 18.2. The van der Waals surface area contributed by atoms with E-state index in [9.17, 15) is 39.2 Å². The van der Waals surface area contributed by atoms with Crippen LogP contribution in [0.3, 0.4) is 0 Å². The molecule has 1 fully saturated rings. The SMILES string of the molecule is CC(=O)OC1C(OC(C)=O)[C@H](OC(C)=O)C(C(=O)C=O)O[C@H]1Oc1ccc(CO)cc1[N+](=O)[O-]. The Kier molecular flexibility index (Phi) is 8.75. The topological polar surface area (TPSA) is 195 Å². The molecule has 0 spiro atoms. The van der Waals surface area contributed by atoms with Gasteiger partial charge in [0.25, 0.3) is 0 Å². The molecule has 0 saturated carbocycles. The number of aldehydes is 1. The minimum atomic E-state index is -1.86. The molecule has 1 N–H and O–H groups in total. The fourth-order valence-electron chi connectivity index (χ4n) is 3.19. The van der Waals surface area contributed by atoms with Crippen molar-refractivity contribution in [3.63, 3.8) is 0 Å². The number of hydrogen-bond donors (Lipinski definition) is 1. The van der Waals surface area contributed by atoms with E-state index in [1.807, 2.05) is 0 Å². The van der Waals surface area contributed by atoms with Crippen LogP contribution in [-0.4, -0.2) is 70.7 Å². The Morgan fingerprint density at radius 3 is 2.09 bits per heavy atom. The fraction of sp³-hybridized carbons (Fsp3) is 0.450. The second-order valence-electron chi connectivity index (χ2n) is 7.00. The number of Topliss-reactive ketones (excluding diaryl/α,β-unsaturated/α-hetero) is 1. The standard InChI is InChI=1S/C20H21NO13/c1-9(24)30-17-16(14(27)8-23)34-20(19(32-11(3)26)18(17)31-10(2)25)33-15-5-4-12(7-22)6-13(15)21(28)29/h4-6,8,16-20,22H,7H2,1-3H3/t16?,17-,18?,19?,20-/m1/s1. The van der Waals surface area contributed by atoms with Crippen LogP contribution in [0.25, 0.3) is 0 Å². The van der Waals surface area contributed by atoms with Crippen molar-refractivity contribution in [2.75, 3.05) is 0 Å². The third-order valence-electron chi connectivity index (χ3n) is 4.44. The lowest BCUT2D eigenvalue weighted by Gasteiger charge is -2.43. The van der Waals surface area contributed by atoms with Gasteiger partial charge in [-0.15, -0.1) is 0 Å². The smallest absolute Gasteiger partial charge is 0.311 e. The summed E-state index contributed by atoms with van der Waals surface area (Å²) < 4.78 is 26.3. The van der Waals surface area contributed by atoms with Gasteiger partial charge in [-0.25, -0.2) is 0 Å². The second kappa shape index (κ2) is 11.3. The van der Waals surface area contributed by atoms with Crippen LogP contribution < -0.4 is 4.74 Å². The molecule has 34 heavy (non-hydrogen) atoms. The Morgan fingerprint density at radius 1 is 1.03 bits per heavy atom. The molecule has 1 aliphatic rings. The highest BCUT2D eigenvalue weighted by atomic mass is 16.7. The van der Waals surface area contributed by atoms with Crippen molar-refractivity contribution < 1.29 is 57.7 Å². The van der Waals surface area contributed by atoms with Crippen LogP contribution in [0.4, 0.5) is 5.69 Å². The predicted octanol–water partition coefficient (Wildman–Crippen LogP) is -0.246. The molecule has 0 radical (unpaired) electrons. The first kappa shape index (κ1) is 26.3. The van der Waals surface area contributed by atoms with Gasteiger partial charge in [0.1, 0.15) is 0 Å². The number of carbonyl (C=O) groups is 5. The van der Waals surface area contributed by atoms with Crippen molar-refractivity contribution in [1.29, 1.82) is 0 Å². The summed E-state index contributed by atoms with van der Waals surface area (Å²) in [6.45, 7) is 2.44. The predicted molar refractivity (Wildman–Crippen MR) is 106 cm³/mol. The van der Waals surface area contributed by atoms with E-state index in [1.165, 1.54) is 6.07 Å². The first-order valence-corrected chi connectivity index (χ1v) is 9.69. The highest BCUT2D eigenvalue weighted by molar-refractivity contribution is 6.27. The number of nitro groups is 1. The summed E-state index contributed by atoms with van der Waals surface area (Å²) in [7, 11) is 0. The zero-order valence-corrected chi connectivity index (χ0v) is 18.2. The maximum absolute atomic E-state index is 12.3. The number of esters is 3. The first-order chi connectivity index (χ1) is 16.0. The molecule has 0 aromatic heterocycles. The molecular weight excluding hydrogens is 462 g/mol. The van der Waals surface area contributed by atoms with Gasteiger partial charge >= 0.3 is 23.6 Å². The summed E-state index contributed by atoms with van der Waals surface area (Å²) in [4.78, 5) is 69.2. The molecule has 1 aliphatic heterocycles. The number of rotatable bonds is 9. The molecule has 2 rings (SSSR count). The first-order valence-electron chi connectivity index (χ1n) is 9.69. The average Bonchev–Trinajstić information content (AvgIpc) is 2.76. The van der Waals surface area contributed by atoms with E-state index in [2.05, 4.69) is 0 Å². The van der Waals surface area contributed by atoms with E-state index in [1.54, 1.807) is 0 Å². The molecule has 184 valence electrons. The number of benzene rings is 1. The molecule has 14 nitrogen and oxygen atoms in total. The van der Waals surface area contributed by atoms with E-state index in [0.29, 0.717) is 0 Å². The fourth-order valence-corrected chi connectivity index (χ4v) is 3.19. The van der Waals surface area contributed by atoms with Crippen molar-refractivity contribution in [3.8, 4) is 5.75 Å². The maximum atomic E-state index is 12.3. The number of carbonyl (C=O) groups excluding carboxylic acids is 5. The number of ether oxygens (including phenoxy) is 5. The Hall–Kier alpha value is -3.91. The van der Waals surface area contributed by atoms with Gasteiger partial charge in [-0.2, -0.15) is 0 Å². The molecule has 1 aromatic carbocycles. The molecule has 3 unspecified atom stereocenters. The lowest BCUT2D eigenvalue weighted by atomic mass is 9.95. The van der Waals surface area contributed by atoms with E-state index in [0.717, 1.165) is 32.9 Å². The number of nitrogens with zero attached hydrogens (tertiary/aromatic N) is 1. The summed E-state index contributed by atoms with van der Waals surface area (Å²) in [5, 5.41) is 20.7. The van der Waals surface area contributed by atoms with Gasteiger partial charge in [0.05, 0.1) is 11.5 Å². The third-order valence-corrected chi connectivity index (χ3v) is 4.44. The zero-order chi connectivity index (χ0) is 25.6. The highest BCUT2D eigenvalue weighted by Gasteiger charge is 2.55. The van der Waals surface area contributed by atoms with Crippen molar-refractivity contribution in [2.45, 2.75) is 58.1 Å². The molecular formula is C20H21NO13. The van der Waals surface area contributed by atoms with Crippen LogP contribution in [-0.2, 0) is 49.5 Å². The van der Waals surface area contributed by atoms with E-state index >= 15 is 0 Å².